The number of aromatic nitrogens is 1. The number of anilines is 1. The SMILES string of the molecule is Cc1ccc(O)c(CN2CCCC(C(=O)Nc3cccc(C)n3)C2)c1. The molecular weight excluding hydrogens is 314 g/mol. The van der Waals surface area contributed by atoms with Crippen LogP contribution in [0.1, 0.15) is 29.7 Å². The van der Waals surface area contributed by atoms with E-state index in [-0.39, 0.29) is 11.8 Å². The van der Waals surface area contributed by atoms with Gasteiger partial charge >= 0.3 is 0 Å². The topological polar surface area (TPSA) is 65.5 Å². The van der Waals surface area contributed by atoms with Gasteiger partial charge in [-0.2, -0.15) is 0 Å². The molecule has 3 rings (SSSR count). The third-order valence-corrected chi connectivity index (χ3v) is 4.64. The zero-order valence-corrected chi connectivity index (χ0v) is 14.8. The molecule has 5 heteroatoms. The van der Waals surface area contributed by atoms with Crippen LogP contribution in [0.3, 0.4) is 0 Å². The van der Waals surface area contributed by atoms with E-state index >= 15 is 0 Å². The molecule has 1 amide bonds. The number of piperidine rings is 1. The molecule has 1 atom stereocenters. The van der Waals surface area contributed by atoms with Gasteiger partial charge in [-0.25, -0.2) is 4.98 Å². The van der Waals surface area contributed by atoms with Crippen molar-refractivity contribution in [2.75, 3.05) is 18.4 Å². The molecule has 2 N–H and O–H groups in total. The number of hydrogen-bond acceptors (Lipinski definition) is 4. The van der Waals surface area contributed by atoms with Crippen LogP contribution < -0.4 is 5.32 Å². The minimum Gasteiger partial charge on any atom is -0.508 e. The van der Waals surface area contributed by atoms with Gasteiger partial charge in [-0.15, -0.1) is 0 Å². The standard InChI is InChI=1S/C20H25N3O2/c1-14-8-9-18(24)17(11-14)13-23-10-4-6-16(12-23)20(25)22-19-7-3-5-15(2)21-19/h3,5,7-9,11,16,24H,4,6,10,12-13H2,1-2H3,(H,21,22,25). The molecule has 0 aliphatic carbocycles. The van der Waals surface area contributed by atoms with Crippen molar-refractivity contribution in [3.8, 4) is 5.75 Å². The van der Waals surface area contributed by atoms with E-state index in [2.05, 4.69) is 15.2 Å². The molecule has 0 bridgehead atoms. The van der Waals surface area contributed by atoms with Crippen LogP contribution in [0, 0.1) is 19.8 Å². The van der Waals surface area contributed by atoms with E-state index in [9.17, 15) is 9.90 Å². The fourth-order valence-corrected chi connectivity index (χ4v) is 3.34. The van der Waals surface area contributed by atoms with E-state index in [0.717, 1.165) is 36.2 Å². The smallest absolute Gasteiger partial charge is 0.229 e. The van der Waals surface area contributed by atoms with Gasteiger partial charge in [0.25, 0.3) is 0 Å². The number of carbonyl (C=O) groups is 1. The number of rotatable bonds is 4. The number of aryl methyl sites for hydroxylation is 2. The van der Waals surface area contributed by atoms with E-state index in [1.807, 2.05) is 44.2 Å². The first-order valence-corrected chi connectivity index (χ1v) is 8.76. The summed E-state index contributed by atoms with van der Waals surface area (Å²) in [6.07, 6.45) is 1.86. The Hall–Kier alpha value is -2.40. The molecule has 5 nitrogen and oxygen atoms in total. The monoisotopic (exact) mass is 339 g/mol. The average Bonchev–Trinajstić information content (AvgIpc) is 2.58. The zero-order chi connectivity index (χ0) is 17.8. The molecule has 0 saturated carbocycles. The first kappa shape index (κ1) is 17.4. The molecule has 25 heavy (non-hydrogen) atoms. The van der Waals surface area contributed by atoms with Crippen molar-refractivity contribution in [2.45, 2.75) is 33.2 Å². The van der Waals surface area contributed by atoms with Gasteiger partial charge in [-0.3, -0.25) is 9.69 Å². The Morgan fingerprint density at radius 3 is 2.96 bits per heavy atom. The summed E-state index contributed by atoms with van der Waals surface area (Å²) in [7, 11) is 0. The van der Waals surface area contributed by atoms with Crippen molar-refractivity contribution in [3.05, 3.63) is 53.2 Å². The number of nitrogens with one attached hydrogen (secondary N) is 1. The number of phenolic OH excluding ortho intramolecular Hbond substituents is 1. The Morgan fingerprint density at radius 1 is 1.32 bits per heavy atom. The number of amides is 1. The Labute approximate surface area is 148 Å². The van der Waals surface area contributed by atoms with Crippen LogP contribution in [0.2, 0.25) is 0 Å². The zero-order valence-electron chi connectivity index (χ0n) is 14.8. The molecule has 132 valence electrons. The maximum Gasteiger partial charge on any atom is 0.229 e. The lowest BCUT2D eigenvalue weighted by molar-refractivity contribution is -0.121. The van der Waals surface area contributed by atoms with Crippen molar-refractivity contribution >= 4 is 11.7 Å². The van der Waals surface area contributed by atoms with Crippen LogP contribution in [-0.2, 0) is 11.3 Å². The fraction of sp³-hybridized carbons (Fsp3) is 0.400. The Bertz CT molecular complexity index is 760. The van der Waals surface area contributed by atoms with Gasteiger partial charge in [0.15, 0.2) is 0 Å². The van der Waals surface area contributed by atoms with Crippen LogP contribution in [0.25, 0.3) is 0 Å². The Balaban J connectivity index is 1.62. The number of hydrogen-bond donors (Lipinski definition) is 2. The van der Waals surface area contributed by atoms with Crippen LogP contribution in [0.4, 0.5) is 5.82 Å². The van der Waals surface area contributed by atoms with Crippen molar-refractivity contribution in [1.29, 1.82) is 0 Å². The molecule has 1 fully saturated rings. The highest BCUT2D eigenvalue weighted by Crippen LogP contribution is 2.24. The van der Waals surface area contributed by atoms with Gasteiger partial charge in [0.05, 0.1) is 5.92 Å². The molecular formula is C20H25N3O2. The second-order valence-corrected chi connectivity index (χ2v) is 6.86. The van der Waals surface area contributed by atoms with Gasteiger partial charge in [0, 0.05) is 24.3 Å². The van der Waals surface area contributed by atoms with E-state index < -0.39 is 0 Å². The Kier molecular flexibility index (Phi) is 5.34. The number of likely N-dealkylation sites (tertiary alicyclic amines) is 1. The van der Waals surface area contributed by atoms with E-state index in [1.54, 1.807) is 6.07 Å². The summed E-state index contributed by atoms with van der Waals surface area (Å²) in [5.74, 6) is 0.902. The van der Waals surface area contributed by atoms with Gasteiger partial charge in [0.1, 0.15) is 11.6 Å². The van der Waals surface area contributed by atoms with Gasteiger partial charge in [-0.1, -0.05) is 23.8 Å². The molecule has 1 aliphatic heterocycles. The molecule has 0 spiro atoms. The fourth-order valence-electron chi connectivity index (χ4n) is 3.34. The van der Waals surface area contributed by atoms with Crippen molar-refractivity contribution < 1.29 is 9.90 Å². The minimum absolute atomic E-state index is 0.0243. The maximum atomic E-state index is 12.6. The lowest BCUT2D eigenvalue weighted by atomic mass is 9.96. The minimum atomic E-state index is -0.0528. The molecule has 1 unspecified atom stereocenters. The third-order valence-electron chi connectivity index (χ3n) is 4.64. The third kappa shape index (κ3) is 4.57. The first-order chi connectivity index (χ1) is 12.0. The largest absolute Gasteiger partial charge is 0.508 e. The van der Waals surface area contributed by atoms with Gasteiger partial charge < -0.3 is 10.4 Å². The van der Waals surface area contributed by atoms with Crippen LogP contribution in [-0.4, -0.2) is 34.0 Å². The highest BCUT2D eigenvalue weighted by Gasteiger charge is 2.26. The molecule has 0 radical (unpaired) electrons. The number of pyridine rings is 1. The molecule has 1 saturated heterocycles. The van der Waals surface area contributed by atoms with Crippen molar-refractivity contribution in [3.63, 3.8) is 0 Å². The molecule has 2 aromatic rings. The highest BCUT2D eigenvalue weighted by molar-refractivity contribution is 5.91. The summed E-state index contributed by atoms with van der Waals surface area (Å²) in [6.45, 7) is 6.24. The summed E-state index contributed by atoms with van der Waals surface area (Å²) in [4.78, 5) is 19.2. The van der Waals surface area contributed by atoms with Crippen molar-refractivity contribution in [1.82, 2.24) is 9.88 Å². The van der Waals surface area contributed by atoms with E-state index in [0.29, 0.717) is 24.7 Å². The summed E-state index contributed by atoms with van der Waals surface area (Å²) in [6, 6.07) is 11.3. The summed E-state index contributed by atoms with van der Waals surface area (Å²) >= 11 is 0. The predicted molar refractivity (Wildman–Crippen MR) is 98.4 cm³/mol. The van der Waals surface area contributed by atoms with Crippen LogP contribution in [0.15, 0.2) is 36.4 Å². The lowest BCUT2D eigenvalue weighted by Gasteiger charge is -2.32. The Morgan fingerprint density at radius 2 is 2.16 bits per heavy atom. The number of aromatic hydroxyl groups is 1. The van der Waals surface area contributed by atoms with E-state index in [4.69, 9.17) is 0 Å². The maximum absolute atomic E-state index is 12.6. The van der Waals surface area contributed by atoms with E-state index in [1.165, 1.54) is 0 Å². The normalized spacial score (nSPS) is 18.1. The van der Waals surface area contributed by atoms with Gasteiger partial charge in [0.2, 0.25) is 5.91 Å². The number of carbonyl (C=O) groups excluding carboxylic acids is 1. The second kappa shape index (κ2) is 7.66. The predicted octanol–water partition coefficient (Wildman–Crippen LogP) is 3.25. The summed E-state index contributed by atoms with van der Waals surface area (Å²) < 4.78 is 0. The summed E-state index contributed by atoms with van der Waals surface area (Å²) in [5, 5.41) is 13.0. The number of phenols is 1. The van der Waals surface area contributed by atoms with Gasteiger partial charge in [-0.05, 0) is 51.4 Å². The summed E-state index contributed by atoms with van der Waals surface area (Å²) in [5.41, 5.74) is 2.93. The average molecular weight is 339 g/mol. The second-order valence-electron chi connectivity index (χ2n) is 6.86. The van der Waals surface area contributed by atoms with Crippen molar-refractivity contribution in [2.24, 2.45) is 5.92 Å². The van der Waals surface area contributed by atoms with Crippen LogP contribution in [0.5, 0.6) is 5.75 Å². The number of nitrogens with zero attached hydrogens (tertiary/aromatic N) is 2. The lowest BCUT2D eigenvalue weighted by Crippen LogP contribution is -2.40. The molecule has 2 heterocycles. The molecule has 1 aromatic carbocycles. The molecule has 1 aliphatic rings. The number of benzene rings is 1. The highest BCUT2D eigenvalue weighted by atomic mass is 16.3. The molecule has 1 aromatic heterocycles. The first-order valence-electron chi connectivity index (χ1n) is 8.76. The quantitative estimate of drug-likeness (QED) is 0.897. The van der Waals surface area contributed by atoms with Crippen LogP contribution >= 0.6 is 0 Å².